The van der Waals surface area contributed by atoms with Crippen molar-refractivity contribution in [3.63, 3.8) is 0 Å². The molecule has 4 nitrogen and oxygen atoms in total. The number of carbonyl (C=O) groups is 1. The number of aryl methyl sites for hydroxylation is 1. The Morgan fingerprint density at radius 2 is 1.95 bits per heavy atom. The number of aromatic nitrogens is 1. The summed E-state index contributed by atoms with van der Waals surface area (Å²) in [5, 5.41) is 1.03. The Morgan fingerprint density at radius 3 is 2.55 bits per heavy atom. The molecule has 0 saturated carbocycles. The molecule has 0 spiro atoms. The number of piperidine rings is 1. The minimum Gasteiger partial charge on any atom is -0.348 e. The van der Waals surface area contributed by atoms with Gasteiger partial charge in [0.15, 0.2) is 11.4 Å². The topological polar surface area (TPSA) is 36.4 Å². The number of anilines is 1. The second kappa shape index (κ2) is 6.22. The first-order chi connectivity index (χ1) is 9.76. The molecule has 0 atom stereocenters. The molecule has 2 aliphatic rings. The number of likely N-dealkylation sites (tertiary alicyclic amines) is 1. The minimum absolute atomic E-state index is 0.777. The average Bonchev–Trinajstić information content (AvgIpc) is 3.09. The molecule has 2 aliphatic heterocycles. The van der Waals surface area contributed by atoms with Crippen LogP contribution in [0.15, 0.2) is 0 Å². The zero-order valence-electron chi connectivity index (χ0n) is 12.2. The molecule has 0 N–H and O–H groups in total. The Kier molecular flexibility index (Phi) is 4.36. The van der Waals surface area contributed by atoms with Gasteiger partial charge in [0.2, 0.25) is 0 Å². The number of nitrogens with zero attached hydrogens (tertiary/aromatic N) is 3. The summed E-state index contributed by atoms with van der Waals surface area (Å²) in [6.07, 6.45) is 6.20. The van der Waals surface area contributed by atoms with Crippen molar-refractivity contribution in [1.82, 2.24) is 9.88 Å². The van der Waals surface area contributed by atoms with Crippen LogP contribution >= 0.6 is 11.3 Å². The van der Waals surface area contributed by atoms with Crippen molar-refractivity contribution in [2.24, 2.45) is 5.92 Å². The molecule has 0 aromatic carbocycles. The highest BCUT2D eigenvalue weighted by Crippen LogP contribution is 2.29. The number of hydrogen-bond acceptors (Lipinski definition) is 5. The second-order valence-corrected chi connectivity index (χ2v) is 7.01. The molecule has 2 fully saturated rings. The van der Waals surface area contributed by atoms with Crippen molar-refractivity contribution in [2.75, 3.05) is 37.6 Å². The maximum absolute atomic E-state index is 10.9. The van der Waals surface area contributed by atoms with E-state index in [9.17, 15) is 4.79 Å². The molecule has 3 rings (SSSR count). The molecule has 5 heteroatoms. The number of carbonyl (C=O) groups excluding carboxylic acids is 1. The van der Waals surface area contributed by atoms with Crippen LogP contribution in [0.4, 0.5) is 5.13 Å². The fraction of sp³-hybridized carbons (Fsp3) is 0.733. The summed E-state index contributed by atoms with van der Waals surface area (Å²) >= 11 is 1.54. The van der Waals surface area contributed by atoms with Crippen molar-refractivity contribution < 1.29 is 4.79 Å². The summed E-state index contributed by atoms with van der Waals surface area (Å²) in [6.45, 7) is 7.98. The van der Waals surface area contributed by atoms with E-state index in [4.69, 9.17) is 0 Å². The molecule has 0 bridgehead atoms. The van der Waals surface area contributed by atoms with Crippen LogP contribution in [0.3, 0.4) is 0 Å². The summed E-state index contributed by atoms with van der Waals surface area (Å²) < 4.78 is 0. The van der Waals surface area contributed by atoms with Gasteiger partial charge in [-0.05, 0) is 51.6 Å². The molecule has 1 aromatic heterocycles. The summed E-state index contributed by atoms with van der Waals surface area (Å²) in [4.78, 5) is 21.2. The van der Waals surface area contributed by atoms with Crippen LogP contribution in [0.2, 0.25) is 0 Å². The van der Waals surface area contributed by atoms with E-state index in [1.165, 1.54) is 56.7 Å². The molecule has 0 radical (unpaired) electrons. The molecular formula is C15H23N3OS. The zero-order valence-corrected chi connectivity index (χ0v) is 13.0. The van der Waals surface area contributed by atoms with Gasteiger partial charge in [-0.2, -0.15) is 0 Å². The largest absolute Gasteiger partial charge is 0.348 e. The zero-order chi connectivity index (χ0) is 13.9. The standard InChI is InChI=1S/C15H23N3OS/c1-12-14(11-19)20-15(16-12)18-8-4-13(5-9-18)10-17-6-2-3-7-17/h11,13H,2-10H2,1H3. The molecule has 0 aliphatic carbocycles. The van der Waals surface area contributed by atoms with Crippen molar-refractivity contribution in [3.8, 4) is 0 Å². The van der Waals surface area contributed by atoms with Crippen molar-refractivity contribution >= 4 is 22.8 Å². The van der Waals surface area contributed by atoms with E-state index in [-0.39, 0.29) is 0 Å². The summed E-state index contributed by atoms with van der Waals surface area (Å²) in [5.74, 6) is 0.843. The third-order valence-electron chi connectivity index (χ3n) is 4.53. The van der Waals surface area contributed by atoms with E-state index in [0.717, 1.165) is 41.0 Å². The molecule has 0 amide bonds. The number of hydrogen-bond donors (Lipinski definition) is 0. The van der Waals surface area contributed by atoms with Crippen LogP contribution in [0.1, 0.15) is 41.0 Å². The molecule has 0 unspecified atom stereocenters. The first-order valence-corrected chi connectivity index (χ1v) is 8.48. The Hall–Kier alpha value is -0.940. The van der Waals surface area contributed by atoms with Crippen molar-refractivity contribution in [2.45, 2.75) is 32.6 Å². The Bertz CT molecular complexity index is 460. The van der Waals surface area contributed by atoms with Gasteiger partial charge >= 0.3 is 0 Å². The predicted octanol–water partition coefficient (Wildman–Crippen LogP) is 2.58. The number of rotatable bonds is 4. The Labute approximate surface area is 124 Å². The quantitative estimate of drug-likeness (QED) is 0.800. The summed E-state index contributed by atoms with van der Waals surface area (Å²) in [7, 11) is 0. The smallest absolute Gasteiger partial charge is 0.186 e. The van der Waals surface area contributed by atoms with Gasteiger partial charge in [-0.3, -0.25) is 4.79 Å². The van der Waals surface area contributed by atoms with E-state index in [2.05, 4.69) is 14.8 Å². The lowest BCUT2D eigenvalue weighted by Crippen LogP contribution is -2.38. The Balaban J connectivity index is 1.53. The maximum atomic E-state index is 10.9. The summed E-state index contributed by atoms with van der Waals surface area (Å²) in [5.41, 5.74) is 0.874. The number of aldehydes is 1. The van der Waals surface area contributed by atoms with E-state index in [0.29, 0.717) is 0 Å². The first-order valence-electron chi connectivity index (χ1n) is 7.66. The predicted molar refractivity (Wildman–Crippen MR) is 82.8 cm³/mol. The summed E-state index contributed by atoms with van der Waals surface area (Å²) in [6, 6.07) is 0. The lowest BCUT2D eigenvalue weighted by Gasteiger charge is -2.33. The highest BCUT2D eigenvalue weighted by Gasteiger charge is 2.24. The van der Waals surface area contributed by atoms with E-state index < -0.39 is 0 Å². The fourth-order valence-electron chi connectivity index (χ4n) is 3.28. The second-order valence-electron chi connectivity index (χ2n) is 6.00. The van der Waals surface area contributed by atoms with Gasteiger partial charge < -0.3 is 9.80 Å². The first kappa shape index (κ1) is 14.0. The maximum Gasteiger partial charge on any atom is 0.186 e. The molecule has 3 heterocycles. The van der Waals surface area contributed by atoms with Gasteiger partial charge in [0.25, 0.3) is 0 Å². The fourth-order valence-corrected chi connectivity index (χ4v) is 4.21. The van der Waals surface area contributed by atoms with Crippen LogP contribution in [0.25, 0.3) is 0 Å². The van der Waals surface area contributed by atoms with Gasteiger partial charge in [0.1, 0.15) is 0 Å². The van der Waals surface area contributed by atoms with Crippen molar-refractivity contribution in [1.29, 1.82) is 0 Å². The van der Waals surface area contributed by atoms with Gasteiger partial charge in [0.05, 0.1) is 10.6 Å². The minimum atomic E-state index is 0.777. The van der Waals surface area contributed by atoms with Gasteiger partial charge in [0, 0.05) is 19.6 Å². The van der Waals surface area contributed by atoms with E-state index in [1.807, 2.05) is 6.92 Å². The SMILES string of the molecule is Cc1nc(N2CCC(CN3CCCC3)CC2)sc1C=O. The van der Waals surface area contributed by atoms with Crippen LogP contribution in [0.5, 0.6) is 0 Å². The Morgan fingerprint density at radius 1 is 1.25 bits per heavy atom. The third-order valence-corrected chi connectivity index (χ3v) is 5.67. The molecule has 1 aromatic rings. The van der Waals surface area contributed by atoms with Gasteiger partial charge in [-0.1, -0.05) is 11.3 Å². The van der Waals surface area contributed by atoms with E-state index >= 15 is 0 Å². The normalized spacial score (nSPS) is 21.6. The molecular weight excluding hydrogens is 270 g/mol. The van der Waals surface area contributed by atoms with Crippen molar-refractivity contribution in [3.05, 3.63) is 10.6 Å². The average molecular weight is 293 g/mol. The highest BCUT2D eigenvalue weighted by molar-refractivity contribution is 7.17. The lowest BCUT2D eigenvalue weighted by molar-refractivity contribution is 0.112. The molecule has 2 saturated heterocycles. The molecule has 110 valence electrons. The lowest BCUT2D eigenvalue weighted by atomic mass is 9.96. The van der Waals surface area contributed by atoms with Crippen LogP contribution in [-0.4, -0.2) is 48.9 Å². The number of thiazole rings is 1. The van der Waals surface area contributed by atoms with Gasteiger partial charge in [-0.25, -0.2) is 4.98 Å². The van der Waals surface area contributed by atoms with E-state index in [1.54, 1.807) is 0 Å². The monoisotopic (exact) mass is 293 g/mol. The van der Waals surface area contributed by atoms with Gasteiger partial charge in [-0.15, -0.1) is 0 Å². The third kappa shape index (κ3) is 3.04. The van der Waals surface area contributed by atoms with Crippen LogP contribution in [0, 0.1) is 12.8 Å². The van der Waals surface area contributed by atoms with Crippen LogP contribution < -0.4 is 4.90 Å². The highest BCUT2D eigenvalue weighted by atomic mass is 32.1. The molecule has 20 heavy (non-hydrogen) atoms. The van der Waals surface area contributed by atoms with Crippen LogP contribution in [-0.2, 0) is 0 Å².